The lowest BCUT2D eigenvalue weighted by molar-refractivity contribution is 0.170. The monoisotopic (exact) mass is 326 g/mol. The normalized spacial score (nSPS) is 20.1. The standard InChI is InChI=1S/C19H22N2O3/c1-18(2,3)19(14-10-8-13(12-22)9-11-14)15-6-4-5-7-16(15)21(20-19)17(23)24/h4-11,20,22H,12H2,1-3H3,(H,23,24). The van der Waals surface area contributed by atoms with E-state index >= 15 is 0 Å². The minimum atomic E-state index is -1.04. The molecule has 24 heavy (non-hydrogen) atoms. The van der Waals surface area contributed by atoms with E-state index in [1.807, 2.05) is 48.5 Å². The number of nitrogens with one attached hydrogen (secondary N) is 1. The van der Waals surface area contributed by atoms with Gasteiger partial charge in [0.05, 0.1) is 17.8 Å². The Labute approximate surface area is 141 Å². The molecule has 5 heteroatoms. The number of benzene rings is 2. The highest BCUT2D eigenvalue weighted by molar-refractivity contribution is 5.89. The van der Waals surface area contributed by atoms with Crippen LogP contribution in [0.2, 0.25) is 0 Å². The van der Waals surface area contributed by atoms with Crippen LogP contribution in [0.3, 0.4) is 0 Å². The zero-order chi connectivity index (χ0) is 17.5. The predicted molar refractivity (Wildman–Crippen MR) is 92.7 cm³/mol. The van der Waals surface area contributed by atoms with E-state index in [1.165, 1.54) is 5.01 Å². The summed E-state index contributed by atoms with van der Waals surface area (Å²) in [5.74, 6) is 0. The number of anilines is 1. The minimum absolute atomic E-state index is 0.0198. The predicted octanol–water partition coefficient (Wildman–Crippen LogP) is 3.47. The first kappa shape index (κ1) is 16.5. The van der Waals surface area contributed by atoms with Crippen molar-refractivity contribution in [3.63, 3.8) is 0 Å². The summed E-state index contributed by atoms with van der Waals surface area (Å²) in [6, 6.07) is 15.2. The van der Waals surface area contributed by atoms with Crippen molar-refractivity contribution in [2.24, 2.45) is 5.41 Å². The van der Waals surface area contributed by atoms with E-state index < -0.39 is 11.6 Å². The van der Waals surface area contributed by atoms with Crippen molar-refractivity contribution in [1.29, 1.82) is 0 Å². The van der Waals surface area contributed by atoms with Gasteiger partial charge in [0, 0.05) is 5.56 Å². The van der Waals surface area contributed by atoms with Crippen molar-refractivity contribution >= 4 is 11.8 Å². The molecule has 1 atom stereocenters. The number of carbonyl (C=O) groups is 1. The summed E-state index contributed by atoms with van der Waals surface area (Å²) in [4.78, 5) is 11.7. The fraction of sp³-hybridized carbons (Fsp3) is 0.316. The minimum Gasteiger partial charge on any atom is -0.464 e. The molecule has 0 saturated carbocycles. The van der Waals surface area contributed by atoms with Gasteiger partial charge in [-0.2, -0.15) is 0 Å². The van der Waals surface area contributed by atoms with Crippen molar-refractivity contribution in [3.05, 3.63) is 65.2 Å². The number of carboxylic acid groups (broad SMARTS) is 1. The molecule has 1 aliphatic heterocycles. The molecular formula is C19H22N2O3. The fourth-order valence-corrected chi connectivity index (χ4v) is 3.51. The topological polar surface area (TPSA) is 72.8 Å². The van der Waals surface area contributed by atoms with Gasteiger partial charge in [-0.05, 0) is 22.6 Å². The number of hydrazine groups is 1. The van der Waals surface area contributed by atoms with Crippen LogP contribution in [0.1, 0.15) is 37.5 Å². The molecule has 1 aliphatic rings. The second-order valence-electron chi connectivity index (χ2n) is 7.10. The Hall–Kier alpha value is -2.37. The van der Waals surface area contributed by atoms with Gasteiger partial charge in [-0.3, -0.25) is 0 Å². The molecule has 3 N–H and O–H groups in total. The summed E-state index contributed by atoms with van der Waals surface area (Å²) in [7, 11) is 0. The van der Waals surface area contributed by atoms with Crippen LogP contribution in [0.25, 0.3) is 0 Å². The first-order chi connectivity index (χ1) is 11.3. The molecule has 0 bridgehead atoms. The van der Waals surface area contributed by atoms with Crippen molar-refractivity contribution in [2.75, 3.05) is 5.01 Å². The summed E-state index contributed by atoms with van der Waals surface area (Å²) in [5, 5.41) is 20.1. The Morgan fingerprint density at radius 3 is 2.29 bits per heavy atom. The van der Waals surface area contributed by atoms with E-state index in [4.69, 9.17) is 0 Å². The largest absolute Gasteiger partial charge is 0.464 e. The second-order valence-corrected chi connectivity index (χ2v) is 7.10. The summed E-state index contributed by atoms with van der Waals surface area (Å²) in [5.41, 5.74) is 5.61. The third-order valence-corrected chi connectivity index (χ3v) is 4.71. The van der Waals surface area contributed by atoms with Gasteiger partial charge in [0.25, 0.3) is 0 Å². The molecule has 0 aromatic heterocycles. The number of para-hydroxylation sites is 1. The molecular weight excluding hydrogens is 304 g/mol. The van der Waals surface area contributed by atoms with E-state index in [9.17, 15) is 15.0 Å². The van der Waals surface area contributed by atoms with Gasteiger partial charge in [0.1, 0.15) is 0 Å². The zero-order valence-electron chi connectivity index (χ0n) is 14.1. The molecule has 0 aliphatic carbocycles. The van der Waals surface area contributed by atoms with Crippen molar-refractivity contribution in [2.45, 2.75) is 32.9 Å². The molecule has 126 valence electrons. The summed E-state index contributed by atoms with van der Waals surface area (Å²) >= 11 is 0. The Morgan fingerprint density at radius 2 is 1.75 bits per heavy atom. The second kappa shape index (κ2) is 5.61. The van der Waals surface area contributed by atoms with Crippen LogP contribution >= 0.6 is 0 Å². The smallest absolute Gasteiger partial charge is 0.426 e. The SMILES string of the molecule is CC(C)(C)C1(c2ccc(CO)cc2)NN(C(=O)O)c2ccccc21. The molecule has 0 fully saturated rings. The average Bonchev–Trinajstić information content (AvgIpc) is 2.91. The van der Waals surface area contributed by atoms with Crippen molar-refractivity contribution in [3.8, 4) is 0 Å². The lowest BCUT2D eigenvalue weighted by Crippen LogP contribution is -2.55. The van der Waals surface area contributed by atoms with Crippen LogP contribution in [-0.2, 0) is 12.1 Å². The highest BCUT2D eigenvalue weighted by atomic mass is 16.4. The Bertz CT molecular complexity index is 765. The fourth-order valence-electron chi connectivity index (χ4n) is 3.51. The number of amides is 1. The maximum Gasteiger partial charge on any atom is 0.426 e. The molecule has 0 saturated heterocycles. The first-order valence-electron chi connectivity index (χ1n) is 7.92. The Balaban J connectivity index is 2.26. The third kappa shape index (κ3) is 2.28. The van der Waals surface area contributed by atoms with E-state index in [0.29, 0.717) is 5.69 Å². The molecule has 0 radical (unpaired) electrons. The summed E-state index contributed by atoms with van der Waals surface area (Å²) < 4.78 is 0. The molecule has 2 aromatic rings. The zero-order valence-corrected chi connectivity index (χ0v) is 14.1. The van der Waals surface area contributed by atoms with Gasteiger partial charge < -0.3 is 10.2 Å². The van der Waals surface area contributed by atoms with Crippen LogP contribution < -0.4 is 10.4 Å². The van der Waals surface area contributed by atoms with Gasteiger partial charge in [-0.15, -0.1) is 0 Å². The number of rotatable bonds is 2. The molecule has 1 unspecified atom stereocenters. The number of hydrogen-bond acceptors (Lipinski definition) is 3. The highest BCUT2D eigenvalue weighted by Crippen LogP contribution is 2.51. The van der Waals surface area contributed by atoms with E-state index in [1.54, 1.807) is 0 Å². The number of fused-ring (bicyclic) bond motifs is 1. The molecule has 5 nitrogen and oxygen atoms in total. The van der Waals surface area contributed by atoms with E-state index in [-0.39, 0.29) is 12.0 Å². The maximum atomic E-state index is 11.7. The van der Waals surface area contributed by atoms with Gasteiger partial charge >= 0.3 is 6.09 Å². The quantitative estimate of drug-likeness (QED) is 0.790. The van der Waals surface area contributed by atoms with Gasteiger partial charge in [-0.1, -0.05) is 63.2 Å². The molecule has 3 rings (SSSR count). The van der Waals surface area contributed by atoms with Crippen LogP contribution in [0.4, 0.5) is 10.5 Å². The van der Waals surface area contributed by atoms with Crippen LogP contribution in [0, 0.1) is 5.41 Å². The van der Waals surface area contributed by atoms with Crippen LogP contribution in [0.5, 0.6) is 0 Å². The lowest BCUT2D eigenvalue weighted by Gasteiger charge is -2.43. The average molecular weight is 326 g/mol. The lowest BCUT2D eigenvalue weighted by atomic mass is 9.66. The Kier molecular flexibility index (Phi) is 3.86. The van der Waals surface area contributed by atoms with Crippen LogP contribution in [0.15, 0.2) is 48.5 Å². The first-order valence-corrected chi connectivity index (χ1v) is 7.92. The molecule has 1 heterocycles. The summed E-state index contributed by atoms with van der Waals surface area (Å²) in [6.45, 7) is 6.24. The maximum absolute atomic E-state index is 11.7. The van der Waals surface area contributed by atoms with E-state index in [0.717, 1.165) is 16.7 Å². The highest BCUT2D eigenvalue weighted by Gasteiger charge is 2.53. The molecule has 2 aromatic carbocycles. The number of nitrogens with zero attached hydrogens (tertiary/aromatic N) is 1. The molecule has 1 amide bonds. The van der Waals surface area contributed by atoms with Crippen molar-refractivity contribution in [1.82, 2.24) is 5.43 Å². The van der Waals surface area contributed by atoms with Crippen LogP contribution in [-0.4, -0.2) is 16.3 Å². The van der Waals surface area contributed by atoms with Gasteiger partial charge in [0.2, 0.25) is 0 Å². The third-order valence-electron chi connectivity index (χ3n) is 4.71. The van der Waals surface area contributed by atoms with Gasteiger partial charge in [-0.25, -0.2) is 15.2 Å². The summed E-state index contributed by atoms with van der Waals surface area (Å²) in [6.07, 6.45) is -1.04. The number of aliphatic hydroxyl groups excluding tert-OH is 1. The van der Waals surface area contributed by atoms with E-state index in [2.05, 4.69) is 26.2 Å². The van der Waals surface area contributed by atoms with Crippen molar-refractivity contribution < 1.29 is 15.0 Å². The van der Waals surface area contributed by atoms with Gasteiger partial charge in [0.15, 0.2) is 0 Å². The molecule has 0 spiro atoms. The number of aliphatic hydroxyl groups is 1. The number of hydrogen-bond donors (Lipinski definition) is 3. The Morgan fingerprint density at radius 1 is 1.12 bits per heavy atom.